The van der Waals surface area contributed by atoms with Crippen molar-refractivity contribution in [3.05, 3.63) is 57.5 Å². The third-order valence-corrected chi connectivity index (χ3v) is 5.62. The summed E-state index contributed by atoms with van der Waals surface area (Å²) in [6.07, 6.45) is 0. The van der Waals surface area contributed by atoms with Gasteiger partial charge >= 0.3 is 6.03 Å². The number of benzene rings is 2. The van der Waals surface area contributed by atoms with Gasteiger partial charge in [-0.3, -0.25) is 4.99 Å². The Morgan fingerprint density at radius 2 is 1.88 bits per heavy atom. The average Bonchev–Trinajstić information content (AvgIpc) is 2.99. The van der Waals surface area contributed by atoms with E-state index in [0.717, 1.165) is 5.75 Å². The predicted octanol–water partition coefficient (Wildman–Crippen LogP) is 6.18. The minimum atomic E-state index is -0.332. The molecule has 1 aliphatic rings. The quantitative estimate of drug-likeness (QED) is 0.638. The molecule has 130 valence electrons. The van der Waals surface area contributed by atoms with Gasteiger partial charge < -0.3 is 5.32 Å². The van der Waals surface area contributed by atoms with Crippen LogP contribution in [0.5, 0.6) is 0 Å². The summed E-state index contributed by atoms with van der Waals surface area (Å²) in [5.74, 6) is 0.833. The van der Waals surface area contributed by atoms with Crippen LogP contribution in [-0.4, -0.2) is 23.0 Å². The first-order chi connectivity index (χ1) is 11.9. The summed E-state index contributed by atoms with van der Waals surface area (Å²) in [7, 11) is 0. The van der Waals surface area contributed by atoms with Crippen LogP contribution in [0.3, 0.4) is 0 Å². The van der Waals surface area contributed by atoms with E-state index in [4.69, 9.17) is 34.8 Å². The summed E-state index contributed by atoms with van der Waals surface area (Å²) >= 11 is 19.4. The smallest absolute Gasteiger partial charge is 0.307 e. The van der Waals surface area contributed by atoms with Crippen LogP contribution in [0, 0.1) is 0 Å². The molecule has 0 spiro atoms. The van der Waals surface area contributed by atoms with Gasteiger partial charge in [0.1, 0.15) is 0 Å². The van der Waals surface area contributed by atoms with Gasteiger partial charge in [0.25, 0.3) is 0 Å². The fourth-order valence-corrected chi connectivity index (χ4v) is 3.70. The molecule has 2 amide bonds. The highest BCUT2D eigenvalue weighted by atomic mass is 35.5. The first-order valence-corrected chi connectivity index (χ1v) is 9.58. The first-order valence-electron chi connectivity index (χ1n) is 7.46. The van der Waals surface area contributed by atoms with E-state index < -0.39 is 0 Å². The number of carbonyl (C=O) groups is 1. The summed E-state index contributed by atoms with van der Waals surface area (Å²) < 4.78 is 0. The van der Waals surface area contributed by atoms with Crippen LogP contribution in [-0.2, 0) is 0 Å². The van der Waals surface area contributed by atoms with Gasteiger partial charge in [0.2, 0.25) is 0 Å². The van der Waals surface area contributed by atoms with Crippen LogP contribution in [0.1, 0.15) is 6.92 Å². The molecule has 1 unspecified atom stereocenters. The Morgan fingerprint density at radius 3 is 2.48 bits per heavy atom. The second kappa shape index (κ2) is 7.87. The Labute approximate surface area is 165 Å². The van der Waals surface area contributed by atoms with Crippen molar-refractivity contribution >= 4 is 69.1 Å². The minimum absolute atomic E-state index is 0.160. The number of hydrogen-bond donors (Lipinski definition) is 1. The van der Waals surface area contributed by atoms with Crippen LogP contribution in [0.2, 0.25) is 15.1 Å². The van der Waals surface area contributed by atoms with Crippen molar-refractivity contribution in [2.45, 2.75) is 13.0 Å². The van der Waals surface area contributed by atoms with Gasteiger partial charge in [0, 0.05) is 16.5 Å². The normalized spacial score (nSPS) is 16.5. The number of halogens is 3. The van der Waals surface area contributed by atoms with Crippen LogP contribution in [0.4, 0.5) is 16.2 Å². The maximum atomic E-state index is 12.9. The number of hydrogen-bond acceptors (Lipinski definition) is 3. The lowest BCUT2D eigenvalue weighted by molar-refractivity contribution is 0.259. The molecular formula is C17H14Cl3N3OS. The Bertz CT molecular complexity index is 826. The second-order valence-electron chi connectivity index (χ2n) is 5.44. The molecule has 4 nitrogen and oxygen atoms in total. The maximum Gasteiger partial charge on any atom is 0.332 e. The molecule has 0 bridgehead atoms. The zero-order valence-electron chi connectivity index (χ0n) is 13.2. The average molecular weight is 415 g/mol. The lowest BCUT2D eigenvalue weighted by atomic mass is 10.3. The summed E-state index contributed by atoms with van der Waals surface area (Å²) in [4.78, 5) is 19.0. The Balaban J connectivity index is 1.90. The highest BCUT2D eigenvalue weighted by molar-refractivity contribution is 8.14. The van der Waals surface area contributed by atoms with Gasteiger partial charge in [-0.1, -0.05) is 46.6 Å². The lowest BCUT2D eigenvalue weighted by Gasteiger charge is -2.22. The molecule has 1 heterocycles. The Kier molecular flexibility index (Phi) is 5.79. The molecule has 1 aliphatic heterocycles. The maximum absolute atomic E-state index is 12.9. The highest BCUT2D eigenvalue weighted by Gasteiger charge is 2.27. The molecule has 8 heteroatoms. The molecular weight excluding hydrogens is 401 g/mol. The van der Waals surface area contributed by atoms with Crippen molar-refractivity contribution < 1.29 is 4.79 Å². The number of nitrogens with one attached hydrogen (secondary N) is 1. The molecule has 25 heavy (non-hydrogen) atoms. The fourth-order valence-electron chi connectivity index (χ4n) is 2.24. The molecule has 0 radical (unpaired) electrons. The SMILES string of the molecule is CC1CSC(N(C(=O)Nc2ccc(Cl)c(Cl)c2)c2ccc(Cl)cc2)=N1. The summed E-state index contributed by atoms with van der Waals surface area (Å²) in [6.45, 7) is 2.01. The van der Waals surface area contributed by atoms with Crippen molar-refractivity contribution in [1.29, 1.82) is 0 Å². The minimum Gasteiger partial charge on any atom is -0.307 e. The molecule has 0 fully saturated rings. The molecule has 0 saturated heterocycles. The fraction of sp³-hybridized carbons (Fsp3) is 0.176. The van der Waals surface area contributed by atoms with Gasteiger partial charge in [0.05, 0.1) is 21.8 Å². The molecule has 0 aliphatic carbocycles. The van der Waals surface area contributed by atoms with Crippen LogP contribution in [0.15, 0.2) is 47.5 Å². The van der Waals surface area contributed by atoms with E-state index in [9.17, 15) is 4.79 Å². The van der Waals surface area contributed by atoms with E-state index in [0.29, 0.717) is 31.6 Å². The monoisotopic (exact) mass is 413 g/mol. The molecule has 2 aromatic carbocycles. The van der Waals surface area contributed by atoms with E-state index in [1.807, 2.05) is 6.92 Å². The second-order valence-corrected chi connectivity index (χ2v) is 7.68. The number of nitrogens with zero attached hydrogens (tertiary/aromatic N) is 2. The van der Waals surface area contributed by atoms with Crippen LogP contribution in [0.25, 0.3) is 0 Å². The third kappa shape index (κ3) is 4.42. The number of anilines is 2. The third-order valence-electron chi connectivity index (χ3n) is 3.43. The number of thioether (sulfide) groups is 1. The molecule has 3 rings (SSSR count). The Hall–Kier alpha value is -1.40. The standard InChI is InChI=1S/C17H14Cl3N3OS/c1-10-9-25-17(21-10)23(13-5-2-11(18)3-6-13)16(24)22-12-4-7-14(19)15(20)8-12/h2-8,10H,9H2,1H3,(H,22,24). The number of amides is 2. The molecule has 1 N–H and O–H groups in total. The first kappa shape index (κ1) is 18.4. The van der Waals surface area contributed by atoms with Crippen LogP contribution < -0.4 is 10.2 Å². The number of amidine groups is 1. The number of urea groups is 1. The van der Waals surface area contributed by atoms with Gasteiger partial charge in [-0.05, 0) is 49.4 Å². The van der Waals surface area contributed by atoms with Crippen molar-refractivity contribution in [2.24, 2.45) is 4.99 Å². The van der Waals surface area contributed by atoms with Crippen LogP contribution >= 0.6 is 46.6 Å². The number of carbonyl (C=O) groups excluding carboxylic acids is 1. The van der Waals surface area contributed by atoms with Crippen molar-refractivity contribution in [2.75, 3.05) is 16.0 Å². The molecule has 0 aromatic heterocycles. The van der Waals surface area contributed by atoms with E-state index >= 15 is 0 Å². The Morgan fingerprint density at radius 1 is 1.16 bits per heavy atom. The van der Waals surface area contributed by atoms with Gasteiger partial charge in [-0.25, -0.2) is 9.69 Å². The number of aliphatic imine (C=N–C) groups is 1. The largest absolute Gasteiger partial charge is 0.332 e. The highest BCUT2D eigenvalue weighted by Crippen LogP contribution is 2.29. The van der Waals surface area contributed by atoms with E-state index in [2.05, 4.69) is 10.3 Å². The molecule has 1 atom stereocenters. The van der Waals surface area contributed by atoms with Gasteiger partial charge in [0.15, 0.2) is 5.17 Å². The lowest BCUT2D eigenvalue weighted by Crippen LogP contribution is -2.38. The van der Waals surface area contributed by atoms with Crippen molar-refractivity contribution in [3.63, 3.8) is 0 Å². The number of rotatable bonds is 2. The predicted molar refractivity (Wildman–Crippen MR) is 109 cm³/mol. The molecule has 0 saturated carbocycles. The zero-order valence-corrected chi connectivity index (χ0v) is 16.3. The van der Waals surface area contributed by atoms with Gasteiger partial charge in [-0.2, -0.15) is 0 Å². The summed E-state index contributed by atoms with van der Waals surface area (Å²) in [5, 5.41) is 4.88. The van der Waals surface area contributed by atoms with E-state index in [-0.39, 0.29) is 12.1 Å². The topological polar surface area (TPSA) is 44.7 Å². The van der Waals surface area contributed by atoms with Crippen molar-refractivity contribution in [1.82, 2.24) is 0 Å². The van der Waals surface area contributed by atoms with E-state index in [1.165, 1.54) is 16.7 Å². The summed E-state index contributed by atoms with van der Waals surface area (Å²) in [5.41, 5.74) is 1.23. The molecule has 2 aromatic rings. The van der Waals surface area contributed by atoms with Gasteiger partial charge in [-0.15, -0.1) is 0 Å². The van der Waals surface area contributed by atoms with Crippen molar-refractivity contribution in [3.8, 4) is 0 Å². The van der Waals surface area contributed by atoms with E-state index in [1.54, 1.807) is 42.5 Å². The zero-order chi connectivity index (χ0) is 18.0. The summed E-state index contributed by atoms with van der Waals surface area (Å²) in [6, 6.07) is 11.8.